The predicted octanol–water partition coefficient (Wildman–Crippen LogP) is 3.18. The van der Waals surface area contributed by atoms with Crippen molar-refractivity contribution in [3.05, 3.63) is 40.7 Å². The number of aromatic nitrogens is 2. The van der Waals surface area contributed by atoms with Gasteiger partial charge in [-0.25, -0.2) is 8.42 Å². The van der Waals surface area contributed by atoms with Crippen molar-refractivity contribution in [1.82, 2.24) is 14.1 Å². The molecule has 1 aromatic carbocycles. The lowest BCUT2D eigenvalue weighted by atomic mass is 10.0. The molecule has 1 aliphatic rings. The van der Waals surface area contributed by atoms with E-state index in [9.17, 15) is 13.2 Å². The molecule has 2 heterocycles. The number of hydrogen-bond donors (Lipinski definition) is 1. The van der Waals surface area contributed by atoms with Crippen LogP contribution in [0.5, 0.6) is 0 Å². The number of rotatable bonds is 5. The van der Waals surface area contributed by atoms with Crippen molar-refractivity contribution in [2.24, 2.45) is 5.92 Å². The first-order chi connectivity index (χ1) is 13.6. The number of nitrogens with one attached hydrogen (secondary N) is 1. The number of anilines is 1. The SMILES string of the molecule is Cc1ccc(NC(=O)Cn2nc(C)c(S(=O)(=O)N3CCC(C)CC3)c2C)cc1C. The number of benzene rings is 1. The molecule has 1 aliphatic heterocycles. The van der Waals surface area contributed by atoms with Crippen LogP contribution in [0.3, 0.4) is 0 Å². The maximum atomic E-state index is 13.2. The van der Waals surface area contributed by atoms with Crippen LogP contribution in [0.15, 0.2) is 23.1 Å². The number of aryl methyl sites for hydroxylation is 3. The van der Waals surface area contributed by atoms with Gasteiger partial charge in [0.2, 0.25) is 15.9 Å². The Balaban J connectivity index is 1.78. The molecule has 29 heavy (non-hydrogen) atoms. The number of carbonyl (C=O) groups is 1. The van der Waals surface area contributed by atoms with Crippen LogP contribution in [-0.2, 0) is 21.4 Å². The highest BCUT2D eigenvalue weighted by Gasteiger charge is 2.33. The van der Waals surface area contributed by atoms with Crippen LogP contribution in [0.25, 0.3) is 0 Å². The molecular weight excluding hydrogens is 388 g/mol. The van der Waals surface area contributed by atoms with Crippen molar-refractivity contribution in [2.45, 2.75) is 58.9 Å². The summed E-state index contributed by atoms with van der Waals surface area (Å²) in [6.45, 7) is 10.6. The maximum Gasteiger partial charge on any atom is 0.246 e. The largest absolute Gasteiger partial charge is 0.324 e. The van der Waals surface area contributed by atoms with Gasteiger partial charge in [0, 0.05) is 18.8 Å². The van der Waals surface area contributed by atoms with E-state index < -0.39 is 10.0 Å². The van der Waals surface area contributed by atoms with Gasteiger partial charge in [0.1, 0.15) is 11.4 Å². The average Bonchev–Trinajstić information content (AvgIpc) is 2.92. The quantitative estimate of drug-likeness (QED) is 0.808. The fraction of sp³-hybridized carbons (Fsp3) is 0.524. The number of carbonyl (C=O) groups excluding carboxylic acids is 1. The third kappa shape index (κ3) is 4.53. The van der Waals surface area contributed by atoms with Crippen LogP contribution < -0.4 is 5.32 Å². The van der Waals surface area contributed by atoms with E-state index in [1.807, 2.05) is 32.0 Å². The van der Waals surface area contributed by atoms with Crippen LogP contribution in [-0.4, -0.2) is 41.5 Å². The highest BCUT2D eigenvalue weighted by atomic mass is 32.2. The molecule has 0 unspecified atom stereocenters. The molecule has 158 valence electrons. The van der Waals surface area contributed by atoms with E-state index >= 15 is 0 Å². The van der Waals surface area contributed by atoms with Crippen LogP contribution in [0.4, 0.5) is 5.69 Å². The van der Waals surface area contributed by atoms with Crippen LogP contribution in [0, 0.1) is 33.6 Å². The fourth-order valence-electron chi connectivity index (χ4n) is 3.72. The molecule has 7 nitrogen and oxygen atoms in total. The van der Waals surface area contributed by atoms with Crippen LogP contribution >= 0.6 is 0 Å². The number of nitrogens with zero attached hydrogens (tertiary/aromatic N) is 3. The molecule has 8 heteroatoms. The molecule has 0 spiro atoms. The summed E-state index contributed by atoms with van der Waals surface area (Å²) in [6, 6.07) is 5.73. The van der Waals surface area contributed by atoms with Gasteiger partial charge in [-0.15, -0.1) is 0 Å². The minimum Gasteiger partial charge on any atom is -0.324 e. The summed E-state index contributed by atoms with van der Waals surface area (Å²) in [6.07, 6.45) is 1.73. The Morgan fingerprint density at radius 1 is 1.14 bits per heavy atom. The summed E-state index contributed by atoms with van der Waals surface area (Å²) < 4.78 is 29.4. The van der Waals surface area contributed by atoms with E-state index in [4.69, 9.17) is 0 Å². The van der Waals surface area contributed by atoms with Gasteiger partial charge in [-0.1, -0.05) is 13.0 Å². The first kappa shape index (κ1) is 21.5. The molecule has 1 saturated heterocycles. The lowest BCUT2D eigenvalue weighted by Crippen LogP contribution is -2.38. The topological polar surface area (TPSA) is 84.3 Å². The zero-order valence-corrected chi connectivity index (χ0v) is 18.6. The number of sulfonamides is 1. The second-order valence-corrected chi connectivity index (χ2v) is 9.97. The molecule has 3 rings (SSSR count). The van der Waals surface area contributed by atoms with Gasteiger partial charge < -0.3 is 5.32 Å². The third-order valence-electron chi connectivity index (χ3n) is 5.74. The van der Waals surface area contributed by atoms with Crippen molar-refractivity contribution in [2.75, 3.05) is 18.4 Å². The first-order valence-electron chi connectivity index (χ1n) is 10.0. The van der Waals surface area contributed by atoms with Crippen molar-refractivity contribution >= 4 is 21.6 Å². The van der Waals surface area contributed by atoms with Crippen molar-refractivity contribution in [3.8, 4) is 0 Å². The molecule has 0 atom stereocenters. The van der Waals surface area contributed by atoms with Gasteiger partial charge >= 0.3 is 0 Å². The minimum atomic E-state index is -3.61. The van der Waals surface area contributed by atoms with Gasteiger partial charge in [-0.05, 0) is 69.7 Å². The molecule has 1 aromatic heterocycles. The molecule has 0 radical (unpaired) electrons. The van der Waals surface area contributed by atoms with Crippen LogP contribution in [0.2, 0.25) is 0 Å². The molecule has 0 bridgehead atoms. The minimum absolute atomic E-state index is 0.0356. The van der Waals surface area contributed by atoms with E-state index in [2.05, 4.69) is 17.3 Å². The fourth-order valence-corrected chi connectivity index (χ4v) is 5.56. The molecule has 1 N–H and O–H groups in total. The summed E-state index contributed by atoms with van der Waals surface area (Å²) in [5.74, 6) is 0.301. The van der Waals surface area contributed by atoms with E-state index in [0.29, 0.717) is 30.4 Å². The van der Waals surface area contributed by atoms with Crippen molar-refractivity contribution < 1.29 is 13.2 Å². The zero-order valence-electron chi connectivity index (χ0n) is 17.8. The predicted molar refractivity (Wildman–Crippen MR) is 113 cm³/mol. The first-order valence-corrected chi connectivity index (χ1v) is 11.4. The van der Waals surface area contributed by atoms with Gasteiger partial charge in [0.05, 0.1) is 11.4 Å². The van der Waals surface area contributed by atoms with E-state index in [-0.39, 0.29) is 17.3 Å². The summed E-state index contributed by atoms with van der Waals surface area (Å²) in [4.78, 5) is 12.7. The molecule has 0 aliphatic carbocycles. The van der Waals surface area contributed by atoms with E-state index in [1.165, 1.54) is 4.68 Å². The zero-order chi connectivity index (χ0) is 21.3. The monoisotopic (exact) mass is 418 g/mol. The summed E-state index contributed by atoms with van der Waals surface area (Å²) in [5.41, 5.74) is 3.90. The lowest BCUT2D eigenvalue weighted by Gasteiger charge is -2.29. The third-order valence-corrected chi connectivity index (χ3v) is 7.89. The van der Waals surface area contributed by atoms with Gasteiger partial charge in [-0.2, -0.15) is 9.40 Å². The Morgan fingerprint density at radius 2 is 1.79 bits per heavy atom. The number of piperidine rings is 1. The summed E-state index contributed by atoms with van der Waals surface area (Å²) in [5, 5.41) is 7.21. The van der Waals surface area contributed by atoms with Gasteiger partial charge in [-0.3, -0.25) is 9.48 Å². The number of amides is 1. The van der Waals surface area contributed by atoms with E-state index in [0.717, 1.165) is 29.7 Å². The molecule has 2 aromatic rings. The second-order valence-electron chi connectivity index (χ2n) is 8.09. The van der Waals surface area contributed by atoms with Gasteiger partial charge in [0.25, 0.3) is 0 Å². The number of hydrogen-bond acceptors (Lipinski definition) is 4. The standard InChI is InChI=1S/C21H30N4O3S/c1-14-8-10-24(11-9-14)29(27,28)21-17(4)23-25(18(21)5)13-20(26)22-19-7-6-15(2)16(3)12-19/h6-7,12,14H,8-11,13H2,1-5H3,(H,22,26). The normalized spacial score (nSPS) is 16.2. The second kappa shape index (κ2) is 8.28. The van der Waals surface area contributed by atoms with Crippen molar-refractivity contribution in [1.29, 1.82) is 0 Å². The highest BCUT2D eigenvalue weighted by Crippen LogP contribution is 2.27. The average molecular weight is 419 g/mol. The molecule has 0 saturated carbocycles. The summed E-state index contributed by atoms with van der Waals surface area (Å²) >= 11 is 0. The Morgan fingerprint density at radius 3 is 2.41 bits per heavy atom. The molecule has 1 fully saturated rings. The lowest BCUT2D eigenvalue weighted by molar-refractivity contribution is -0.116. The van der Waals surface area contributed by atoms with Crippen LogP contribution in [0.1, 0.15) is 42.3 Å². The maximum absolute atomic E-state index is 13.2. The van der Waals surface area contributed by atoms with Crippen molar-refractivity contribution in [3.63, 3.8) is 0 Å². The Bertz CT molecular complexity index is 1020. The Labute approximate surface area is 173 Å². The van der Waals surface area contributed by atoms with Gasteiger partial charge in [0.15, 0.2) is 0 Å². The molecule has 1 amide bonds. The Kier molecular flexibility index (Phi) is 6.14. The molecular formula is C21H30N4O3S. The summed E-state index contributed by atoms with van der Waals surface area (Å²) in [7, 11) is -3.61. The Hall–Kier alpha value is -2.19. The highest BCUT2D eigenvalue weighted by molar-refractivity contribution is 7.89. The smallest absolute Gasteiger partial charge is 0.246 e. The van der Waals surface area contributed by atoms with E-state index in [1.54, 1.807) is 18.2 Å².